The van der Waals surface area contributed by atoms with E-state index in [-0.39, 0.29) is 23.2 Å². The molecule has 2 unspecified atom stereocenters. The standard InChI is InChI=1S/C38H39N3O12/c1-21(2)33-37(48)41(40(22(3)42)29(34(46)38(49)50)17-26-13-9-7-10-14-26)30(20-39(33)36(47)27-15-11-8-12-16-27)28-18-31(51-23(4)43)35(53-25(6)45)32(19-28)52-24(5)44/h7-16,18-21,29,33-34,46H,17H2,1-6H3,(H,49,50)/t29-,33?,34?/m0/s1. The van der Waals surface area contributed by atoms with E-state index in [1.165, 1.54) is 18.3 Å². The Morgan fingerprint density at radius 3 is 1.75 bits per heavy atom. The molecule has 15 nitrogen and oxygen atoms in total. The number of aliphatic hydroxyl groups is 1. The van der Waals surface area contributed by atoms with Gasteiger partial charge in [0.15, 0.2) is 17.6 Å². The Balaban J connectivity index is 2.12. The lowest BCUT2D eigenvalue weighted by atomic mass is 9.95. The number of rotatable bonds is 12. The predicted molar refractivity (Wildman–Crippen MR) is 187 cm³/mol. The van der Waals surface area contributed by atoms with Gasteiger partial charge in [-0.25, -0.2) is 14.8 Å². The van der Waals surface area contributed by atoms with E-state index < -0.39 is 83.0 Å². The molecule has 3 atom stereocenters. The van der Waals surface area contributed by atoms with E-state index in [0.717, 1.165) is 54.7 Å². The molecule has 0 spiro atoms. The molecule has 278 valence electrons. The first-order valence-electron chi connectivity index (χ1n) is 16.4. The number of hydrogen-bond donors (Lipinski definition) is 2. The number of esters is 3. The molecule has 0 saturated heterocycles. The number of carboxylic acids is 1. The quantitative estimate of drug-likeness (QED) is 0.203. The summed E-state index contributed by atoms with van der Waals surface area (Å²) in [4.78, 5) is 93.0. The number of carboxylic acid groups (broad SMARTS) is 1. The van der Waals surface area contributed by atoms with Gasteiger partial charge in [0.1, 0.15) is 6.04 Å². The Kier molecular flexibility index (Phi) is 12.5. The second-order valence-electron chi connectivity index (χ2n) is 12.4. The zero-order chi connectivity index (χ0) is 39.1. The Morgan fingerprint density at radius 1 is 0.792 bits per heavy atom. The molecule has 1 aliphatic heterocycles. The van der Waals surface area contributed by atoms with Crippen LogP contribution in [0.1, 0.15) is 63.0 Å². The Labute approximate surface area is 304 Å². The number of carbonyl (C=O) groups is 7. The van der Waals surface area contributed by atoms with E-state index in [1.807, 2.05) is 0 Å². The van der Waals surface area contributed by atoms with E-state index >= 15 is 0 Å². The molecule has 3 aromatic carbocycles. The van der Waals surface area contributed by atoms with Crippen LogP contribution in [0.25, 0.3) is 5.70 Å². The average Bonchev–Trinajstić information content (AvgIpc) is 3.08. The maximum Gasteiger partial charge on any atom is 0.334 e. The second-order valence-corrected chi connectivity index (χ2v) is 12.4. The van der Waals surface area contributed by atoms with Crippen molar-refractivity contribution < 1.29 is 58.0 Å². The average molecular weight is 730 g/mol. The van der Waals surface area contributed by atoms with Crippen molar-refractivity contribution >= 4 is 47.3 Å². The van der Waals surface area contributed by atoms with Crippen LogP contribution in [0.2, 0.25) is 0 Å². The molecular formula is C38H39N3O12. The van der Waals surface area contributed by atoms with Gasteiger partial charge in [-0.05, 0) is 42.2 Å². The van der Waals surface area contributed by atoms with E-state index in [2.05, 4.69) is 0 Å². The molecular weight excluding hydrogens is 690 g/mol. The summed E-state index contributed by atoms with van der Waals surface area (Å²) in [5, 5.41) is 22.8. The number of nitrogens with zero attached hydrogens (tertiary/aromatic N) is 3. The third-order valence-corrected chi connectivity index (χ3v) is 7.96. The normalized spacial score (nSPS) is 15.2. The van der Waals surface area contributed by atoms with Crippen molar-refractivity contribution in [3.8, 4) is 17.2 Å². The molecule has 0 saturated carbocycles. The van der Waals surface area contributed by atoms with Crippen LogP contribution in [-0.4, -0.2) is 84.9 Å². The smallest absolute Gasteiger partial charge is 0.334 e. The SMILES string of the molecule is CC(=O)Oc1cc(C2=CN(C(=O)c3ccccc3)C(C(C)C)C(=O)N2N(C(C)=O)[C@@H](Cc2ccccc2)C(O)C(=O)O)cc(OC(C)=O)c1OC(C)=O. The van der Waals surface area contributed by atoms with Gasteiger partial charge in [-0.1, -0.05) is 62.4 Å². The molecule has 2 N–H and O–H groups in total. The third-order valence-electron chi connectivity index (χ3n) is 7.96. The maximum atomic E-state index is 15.0. The molecule has 15 heteroatoms. The summed E-state index contributed by atoms with van der Waals surface area (Å²) in [5.41, 5.74) is 0.330. The lowest BCUT2D eigenvalue weighted by Gasteiger charge is -2.47. The fourth-order valence-corrected chi connectivity index (χ4v) is 5.87. The topological polar surface area (TPSA) is 197 Å². The number of carbonyl (C=O) groups excluding carboxylic acids is 6. The number of benzene rings is 3. The minimum absolute atomic E-state index is 0.121. The number of hydrogen-bond acceptors (Lipinski definition) is 11. The van der Waals surface area contributed by atoms with Gasteiger partial charge in [-0.3, -0.25) is 33.7 Å². The van der Waals surface area contributed by atoms with Gasteiger partial charge in [0.25, 0.3) is 11.8 Å². The van der Waals surface area contributed by atoms with Crippen LogP contribution in [0.4, 0.5) is 0 Å². The maximum absolute atomic E-state index is 15.0. The molecule has 0 aromatic heterocycles. The monoisotopic (exact) mass is 729 g/mol. The molecule has 3 aromatic rings. The second kappa shape index (κ2) is 16.8. The van der Waals surface area contributed by atoms with Gasteiger partial charge >= 0.3 is 23.9 Å². The lowest BCUT2D eigenvalue weighted by molar-refractivity contribution is -0.173. The van der Waals surface area contributed by atoms with Gasteiger partial charge in [0.05, 0.1) is 11.7 Å². The molecule has 4 rings (SSSR count). The van der Waals surface area contributed by atoms with Crippen molar-refractivity contribution in [3.05, 3.63) is 95.7 Å². The first-order valence-corrected chi connectivity index (χ1v) is 16.4. The zero-order valence-electron chi connectivity index (χ0n) is 29.8. The number of amides is 3. The molecule has 53 heavy (non-hydrogen) atoms. The van der Waals surface area contributed by atoms with E-state index in [0.29, 0.717) is 5.56 Å². The Bertz CT molecular complexity index is 1910. The van der Waals surface area contributed by atoms with Crippen LogP contribution < -0.4 is 14.2 Å². The van der Waals surface area contributed by atoms with Gasteiger partial charge < -0.3 is 24.4 Å². The first-order chi connectivity index (χ1) is 25.0. The third kappa shape index (κ3) is 9.12. The predicted octanol–water partition coefficient (Wildman–Crippen LogP) is 3.59. The number of hydrazine groups is 1. The minimum atomic E-state index is -2.23. The van der Waals surface area contributed by atoms with Crippen LogP contribution in [0, 0.1) is 5.92 Å². The zero-order valence-corrected chi connectivity index (χ0v) is 29.8. The van der Waals surface area contributed by atoms with E-state index in [1.54, 1.807) is 62.4 Å². The van der Waals surface area contributed by atoms with Crippen molar-refractivity contribution in [2.24, 2.45) is 5.92 Å². The fraction of sp³-hybridized carbons (Fsp3) is 0.289. The number of aliphatic carboxylic acids is 1. The fourth-order valence-electron chi connectivity index (χ4n) is 5.87. The van der Waals surface area contributed by atoms with Crippen LogP contribution in [0.5, 0.6) is 17.2 Å². The largest absolute Gasteiger partial charge is 0.479 e. The van der Waals surface area contributed by atoms with E-state index in [9.17, 15) is 43.8 Å². The van der Waals surface area contributed by atoms with Crippen molar-refractivity contribution in [1.29, 1.82) is 0 Å². The lowest BCUT2D eigenvalue weighted by Crippen LogP contribution is -2.64. The summed E-state index contributed by atoms with van der Waals surface area (Å²) in [6.45, 7) is 7.57. The molecule has 1 heterocycles. The highest BCUT2D eigenvalue weighted by Gasteiger charge is 2.47. The summed E-state index contributed by atoms with van der Waals surface area (Å²) < 4.78 is 16.0. The Hall–Kier alpha value is -6.35. The van der Waals surface area contributed by atoms with Crippen LogP contribution >= 0.6 is 0 Å². The molecule has 0 aliphatic carbocycles. The highest BCUT2D eigenvalue weighted by molar-refractivity contribution is 6.03. The minimum Gasteiger partial charge on any atom is -0.479 e. The number of aliphatic hydroxyl groups excluding tert-OH is 1. The van der Waals surface area contributed by atoms with Crippen molar-refractivity contribution in [2.75, 3.05) is 0 Å². The van der Waals surface area contributed by atoms with Gasteiger partial charge in [-0.2, -0.15) is 0 Å². The summed E-state index contributed by atoms with van der Waals surface area (Å²) in [5.74, 6) is -8.63. The Morgan fingerprint density at radius 2 is 1.30 bits per heavy atom. The van der Waals surface area contributed by atoms with Crippen molar-refractivity contribution in [1.82, 2.24) is 14.9 Å². The van der Waals surface area contributed by atoms with Crippen LogP contribution in [0.15, 0.2) is 79.0 Å². The molecule has 1 aliphatic rings. The van der Waals surface area contributed by atoms with Gasteiger partial charge in [-0.15, -0.1) is 0 Å². The van der Waals surface area contributed by atoms with Crippen LogP contribution in [-0.2, 0) is 35.2 Å². The highest BCUT2D eigenvalue weighted by atomic mass is 16.6. The first kappa shape index (κ1) is 39.4. The van der Waals surface area contributed by atoms with E-state index in [4.69, 9.17) is 14.2 Å². The van der Waals surface area contributed by atoms with Crippen molar-refractivity contribution in [3.63, 3.8) is 0 Å². The van der Waals surface area contributed by atoms with Gasteiger partial charge in [0.2, 0.25) is 11.7 Å². The molecule has 0 radical (unpaired) electrons. The molecule has 0 bridgehead atoms. The van der Waals surface area contributed by atoms with Crippen molar-refractivity contribution in [2.45, 2.75) is 66.2 Å². The summed E-state index contributed by atoms with van der Waals surface area (Å²) >= 11 is 0. The summed E-state index contributed by atoms with van der Waals surface area (Å²) in [6, 6.07) is 15.8. The molecule has 3 amide bonds. The highest BCUT2D eigenvalue weighted by Crippen LogP contribution is 2.43. The molecule has 0 fully saturated rings. The summed E-state index contributed by atoms with van der Waals surface area (Å²) in [7, 11) is 0. The van der Waals surface area contributed by atoms with Crippen LogP contribution in [0.3, 0.4) is 0 Å². The summed E-state index contributed by atoms with van der Waals surface area (Å²) in [6.07, 6.45) is -1.22. The number of ether oxygens (including phenoxy) is 3. The van der Waals surface area contributed by atoms with Gasteiger partial charge in [0, 0.05) is 45.0 Å².